The Labute approximate surface area is 328 Å². The Kier molecular flexibility index (Phi) is 9.99. The first-order valence-electron chi connectivity index (χ1n) is 20.4. The van der Waals surface area contributed by atoms with Gasteiger partial charge >= 0.3 is 0 Å². The van der Waals surface area contributed by atoms with Gasteiger partial charge in [0, 0.05) is 24.2 Å². The minimum Gasteiger partial charge on any atom is -0.484 e. The first kappa shape index (κ1) is 36.7. The topological polar surface area (TPSA) is 137 Å². The van der Waals surface area contributed by atoms with Crippen molar-refractivity contribution >= 4 is 11.3 Å². The number of ether oxygens (including phenoxy) is 2. The van der Waals surface area contributed by atoms with Crippen LogP contribution in [-0.2, 0) is 0 Å². The molecule has 12 heteroatoms. The average Bonchev–Trinajstić information content (AvgIpc) is 4.00. The van der Waals surface area contributed by atoms with Crippen LogP contribution in [0.5, 0.6) is 11.5 Å². The molecule has 0 spiro atoms. The molecule has 4 aromatic heterocycles. The van der Waals surface area contributed by atoms with Crippen LogP contribution in [0.2, 0.25) is 0 Å². The second-order valence-corrected chi connectivity index (χ2v) is 16.4. The monoisotopic (exact) mass is 754 g/mol. The van der Waals surface area contributed by atoms with E-state index >= 15 is 0 Å². The summed E-state index contributed by atoms with van der Waals surface area (Å²) >= 11 is 0. The number of rotatable bonds is 6. The molecular weight excluding hydrogens is 701 g/mol. The first-order valence-corrected chi connectivity index (χ1v) is 20.4. The Morgan fingerprint density at radius 3 is 1.30 bits per heavy atom. The summed E-state index contributed by atoms with van der Waals surface area (Å²) in [7, 11) is 4.35. The Bertz CT molecular complexity index is 2160. The van der Waals surface area contributed by atoms with E-state index in [1.165, 1.54) is 35.1 Å². The third-order valence-electron chi connectivity index (χ3n) is 13.0. The number of nitrogens with two attached hydrogens (primary N) is 2. The summed E-state index contributed by atoms with van der Waals surface area (Å²) in [4.78, 5) is 4.78. The molecule has 0 saturated carbocycles. The summed E-state index contributed by atoms with van der Waals surface area (Å²) in [5.74, 6) is 3.69. The van der Waals surface area contributed by atoms with Gasteiger partial charge in [0.1, 0.15) is 23.7 Å². The van der Waals surface area contributed by atoms with E-state index in [-0.39, 0.29) is 24.3 Å². The number of hydrogen-bond donors (Lipinski definition) is 2. The van der Waals surface area contributed by atoms with Crippen molar-refractivity contribution in [3.8, 4) is 11.5 Å². The van der Waals surface area contributed by atoms with Crippen LogP contribution in [0.25, 0.3) is 11.3 Å². The zero-order chi connectivity index (χ0) is 38.5. The highest BCUT2D eigenvalue weighted by molar-refractivity contribution is 5.44. The molecule has 10 rings (SSSR count). The van der Waals surface area contributed by atoms with Gasteiger partial charge in [0.15, 0.2) is 22.9 Å². The summed E-state index contributed by atoms with van der Waals surface area (Å²) in [6.07, 6.45) is 12.5. The van der Waals surface area contributed by atoms with Crippen molar-refractivity contribution in [2.45, 2.75) is 114 Å². The largest absolute Gasteiger partial charge is 0.484 e. The minimum absolute atomic E-state index is 0.0301. The molecule has 6 aromatic rings. The molecule has 0 unspecified atom stereocenters. The summed E-state index contributed by atoms with van der Waals surface area (Å²) < 4.78 is 17.0. The first-order chi connectivity index (χ1) is 27.2. The number of hydrogen-bond acceptors (Lipinski definition) is 10. The zero-order valence-corrected chi connectivity index (χ0v) is 32.9. The van der Waals surface area contributed by atoms with Gasteiger partial charge in [-0.1, -0.05) is 48.5 Å². The maximum Gasteiger partial charge on any atom is 0.161 e. The molecule has 8 atom stereocenters. The van der Waals surface area contributed by atoms with Crippen LogP contribution in [-0.4, -0.2) is 65.2 Å². The lowest BCUT2D eigenvalue weighted by Gasteiger charge is -2.30. The highest BCUT2D eigenvalue weighted by Gasteiger charge is 2.34. The summed E-state index contributed by atoms with van der Waals surface area (Å²) in [6.45, 7) is 4.53. The van der Waals surface area contributed by atoms with Crippen molar-refractivity contribution < 1.29 is 9.47 Å². The van der Waals surface area contributed by atoms with Crippen LogP contribution in [0.15, 0.2) is 85.2 Å². The maximum atomic E-state index is 6.43. The molecule has 2 aliphatic carbocycles. The van der Waals surface area contributed by atoms with Crippen LogP contribution in [0, 0.1) is 0 Å². The number of fused-ring (bicyclic) bond motifs is 4. The number of benzene rings is 2. The van der Waals surface area contributed by atoms with Crippen molar-refractivity contribution in [1.82, 2.24) is 39.0 Å². The van der Waals surface area contributed by atoms with E-state index in [2.05, 4.69) is 115 Å². The van der Waals surface area contributed by atoms with Gasteiger partial charge in [0.2, 0.25) is 0 Å². The lowest BCUT2D eigenvalue weighted by molar-refractivity contribution is 0.176. The zero-order valence-electron chi connectivity index (χ0n) is 32.9. The lowest BCUT2D eigenvalue weighted by atomic mass is 9.86. The third kappa shape index (κ3) is 6.82. The van der Waals surface area contributed by atoms with Crippen LogP contribution in [0.4, 0.5) is 0 Å². The van der Waals surface area contributed by atoms with E-state index in [9.17, 15) is 0 Å². The second kappa shape index (κ2) is 15.2. The van der Waals surface area contributed by atoms with E-state index < -0.39 is 0 Å². The molecule has 12 nitrogen and oxygen atoms in total. The molecule has 4 N–H and O–H groups in total. The molecule has 0 radical (unpaired) electrons. The molecular formula is C44H54N10O2. The normalized spacial score (nSPS) is 27.8. The molecule has 0 amide bonds. The van der Waals surface area contributed by atoms with Crippen molar-refractivity contribution in [1.29, 1.82) is 0 Å². The smallest absolute Gasteiger partial charge is 0.161 e. The van der Waals surface area contributed by atoms with E-state index in [1.807, 2.05) is 36.7 Å². The fourth-order valence-corrected chi connectivity index (χ4v) is 9.36. The minimum atomic E-state index is 0.0301. The third-order valence-corrected chi connectivity index (χ3v) is 13.0. The molecule has 2 aliphatic heterocycles. The second-order valence-electron chi connectivity index (χ2n) is 16.4. The van der Waals surface area contributed by atoms with E-state index in [4.69, 9.17) is 20.9 Å². The van der Waals surface area contributed by atoms with Crippen molar-refractivity contribution in [3.05, 3.63) is 119 Å². The van der Waals surface area contributed by atoms with Gasteiger partial charge in [-0.3, -0.25) is 18.6 Å². The van der Waals surface area contributed by atoms with Gasteiger partial charge in [-0.25, -0.2) is 0 Å². The fraction of sp³-hybridized carbons (Fsp3) is 0.455. The van der Waals surface area contributed by atoms with Crippen LogP contribution in [0.3, 0.4) is 0 Å². The fourth-order valence-electron chi connectivity index (χ4n) is 9.36. The van der Waals surface area contributed by atoms with Crippen molar-refractivity contribution in [2.24, 2.45) is 11.5 Å². The molecule has 0 bridgehead atoms. The standard InChI is InChI=1S/2C22H27N5O/c2*1-14-7-10-19(26(14)2)22-25-24-21-12-8-15(13-27(21)22)28-20-11-9-18(23)16-5-3-4-6-17(16)20/h2*3-6,8,12-14,18-20H,7,9-11,23H2,1-2H3/t14-,18-,19-,20+;14-,18-,19-,20-/m00/s1. The predicted octanol–water partition coefficient (Wildman–Crippen LogP) is 7.60. The van der Waals surface area contributed by atoms with Gasteiger partial charge < -0.3 is 20.9 Å². The Morgan fingerprint density at radius 1 is 0.500 bits per heavy atom. The summed E-state index contributed by atoms with van der Waals surface area (Å²) in [6, 6.07) is 26.6. The summed E-state index contributed by atoms with van der Waals surface area (Å²) in [5, 5.41) is 17.7. The van der Waals surface area contributed by atoms with Gasteiger partial charge in [-0.15, -0.1) is 20.4 Å². The van der Waals surface area contributed by atoms with Crippen LogP contribution >= 0.6 is 0 Å². The van der Waals surface area contributed by atoms with Crippen LogP contribution in [0.1, 0.15) is 135 Å². The molecule has 4 aliphatic rings. The number of pyridine rings is 2. The Morgan fingerprint density at radius 2 is 0.911 bits per heavy atom. The van der Waals surface area contributed by atoms with E-state index in [0.717, 1.165) is 73.0 Å². The molecule has 292 valence electrons. The predicted molar refractivity (Wildman–Crippen MR) is 216 cm³/mol. The van der Waals surface area contributed by atoms with Crippen LogP contribution < -0.4 is 20.9 Å². The van der Waals surface area contributed by atoms with Gasteiger partial charge in [-0.05, 0) is 126 Å². The van der Waals surface area contributed by atoms with Crippen molar-refractivity contribution in [3.63, 3.8) is 0 Å². The maximum absolute atomic E-state index is 6.43. The average molecular weight is 755 g/mol. The molecule has 2 aromatic carbocycles. The summed E-state index contributed by atoms with van der Waals surface area (Å²) in [5.41, 5.74) is 19.1. The number of nitrogens with zero attached hydrogens (tertiary/aromatic N) is 8. The molecule has 6 heterocycles. The van der Waals surface area contributed by atoms with E-state index in [1.54, 1.807) is 0 Å². The molecule has 2 fully saturated rings. The Balaban J connectivity index is 0.000000146. The van der Waals surface area contributed by atoms with Gasteiger partial charge in [0.05, 0.1) is 24.5 Å². The highest BCUT2D eigenvalue weighted by atomic mass is 16.5. The Hall–Kier alpha value is -4.88. The van der Waals surface area contributed by atoms with E-state index in [0.29, 0.717) is 24.2 Å². The SMILES string of the molecule is C[C@H]1CC[C@@H](c2nnc3ccc(O[C@@H]4CC[C@H](N)c5ccccc54)cn23)N1C.C[C@H]1CC[C@@H](c2nnc3ccc(O[C@H]4CC[C@H](N)c5ccccc54)cn23)N1C. The van der Waals surface area contributed by atoms with Gasteiger partial charge in [-0.2, -0.15) is 0 Å². The van der Waals surface area contributed by atoms with Crippen molar-refractivity contribution in [2.75, 3.05) is 14.1 Å². The quantitative estimate of drug-likeness (QED) is 0.175. The van der Waals surface area contributed by atoms with Gasteiger partial charge in [0.25, 0.3) is 0 Å². The number of likely N-dealkylation sites (tertiary alicyclic amines) is 2. The molecule has 56 heavy (non-hydrogen) atoms. The number of aromatic nitrogens is 6. The molecule has 2 saturated heterocycles. The lowest BCUT2D eigenvalue weighted by Crippen LogP contribution is -2.26. The highest BCUT2D eigenvalue weighted by Crippen LogP contribution is 2.40.